The highest BCUT2D eigenvalue weighted by atomic mass is 16.5. The fourth-order valence-corrected chi connectivity index (χ4v) is 2.49. The summed E-state index contributed by atoms with van der Waals surface area (Å²) in [6.07, 6.45) is 3.46. The van der Waals surface area contributed by atoms with Gasteiger partial charge >= 0.3 is 5.97 Å². The molecule has 0 bridgehead atoms. The Morgan fingerprint density at radius 2 is 2.35 bits per heavy atom. The molecular formula is C13H26N2O2. The highest BCUT2D eigenvalue weighted by Gasteiger charge is 2.21. The Morgan fingerprint density at radius 3 is 2.94 bits per heavy atom. The van der Waals surface area contributed by atoms with Gasteiger partial charge in [0.25, 0.3) is 0 Å². The van der Waals surface area contributed by atoms with Gasteiger partial charge in [0.2, 0.25) is 0 Å². The van der Waals surface area contributed by atoms with Crippen molar-refractivity contribution in [3.63, 3.8) is 0 Å². The van der Waals surface area contributed by atoms with E-state index in [9.17, 15) is 4.79 Å². The van der Waals surface area contributed by atoms with Crippen molar-refractivity contribution < 1.29 is 9.53 Å². The Kier molecular flexibility index (Phi) is 6.52. The number of likely N-dealkylation sites (N-methyl/N-ethyl adjacent to an activating group) is 1. The molecule has 1 aliphatic heterocycles. The lowest BCUT2D eigenvalue weighted by molar-refractivity contribution is -0.143. The average Bonchev–Trinajstić information content (AvgIpc) is 2.33. The number of piperidine rings is 1. The lowest BCUT2D eigenvalue weighted by atomic mass is 10.00. The first-order chi connectivity index (χ1) is 8.17. The van der Waals surface area contributed by atoms with E-state index >= 15 is 0 Å². The maximum absolute atomic E-state index is 11.5. The molecule has 0 aromatic rings. The molecule has 1 saturated heterocycles. The van der Waals surface area contributed by atoms with Gasteiger partial charge in [0.15, 0.2) is 0 Å². The number of hydrogen-bond donors (Lipinski definition) is 1. The lowest BCUT2D eigenvalue weighted by Gasteiger charge is -2.31. The molecule has 0 aliphatic carbocycles. The first kappa shape index (κ1) is 14.5. The zero-order valence-electron chi connectivity index (χ0n) is 11.4. The summed E-state index contributed by atoms with van der Waals surface area (Å²) in [6, 6.07) is -0.151. The summed E-state index contributed by atoms with van der Waals surface area (Å²) in [7, 11) is 1.45. The smallest absolute Gasteiger partial charge is 0.322 e. The van der Waals surface area contributed by atoms with E-state index in [0.29, 0.717) is 0 Å². The molecule has 0 radical (unpaired) electrons. The van der Waals surface area contributed by atoms with Gasteiger partial charge in [-0.25, -0.2) is 0 Å². The number of nitrogens with zero attached hydrogens (tertiary/aromatic N) is 1. The summed E-state index contributed by atoms with van der Waals surface area (Å²) < 4.78 is 4.81. The monoisotopic (exact) mass is 242 g/mol. The first-order valence-electron chi connectivity index (χ1n) is 6.71. The molecule has 2 atom stereocenters. The molecule has 17 heavy (non-hydrogen) atoms. The molecule has 1 fully saturated rings. The molecular weight excluding hydrogens is 216 g/mol. The van der Waals surface area contributed by atoms with Crippen LogP contribution in [0.5, 0.6) is 0 Å². The van der Waals surface area contributed by atoms with Crippen molar-refractivity contribution in [3.05, 3.63) is 0 Å². The van der Waals surface area contributed by atoms with Crippen molar-refractivity contribution in [2.24, 2.45) is 5.92 Å². The topological polar surface area (TPSA) is 41.6 Å². The molecule has 0 aromatic carbocycles. The second-order valence-corrected chi connectivity index (χ2v) is 4.97. The van der Waals surface area contributed by atoms with Crippen LogP contribution in [-0.2, 0) is 9.53 Å². The van der Waals surface area contributed by atoms with Gasteiger partial charge in [-0.2, -0.15) is 0 Å². The third kappa shape index (κ3) is 5.04. The molecule has 1 aliphatic rings. The lowest BCUT2D eigenvalue weighted by Crippen LogP contribution is -2.42. The first-order valence-corrected chi connectivity index (χ1v) is 6.71. The number of hydrogen-bond acceptors (Lipinski definition) is 4. The number of ether oxygens (including phenoxy) is 1. The van der Waals surface area contributed by atoms with E-state index in [1.54, 1.807) is 0 Å². The van der Waals surface area contributed by atoms with Crippen LogP contribution < -0.4 is 5.32 Å². The van der Waals surface area contributed by atoms with Crippen LogP contribution in [0.15, 0.2) is 0 Å². The number of likely N-dealkylation sites (tertiary alicyclic amines) is 1. The molecule has 4 heteroatoms. The van der Waals surface area contributed by atoms with Crippen LogP contribution in [-0.4, -0.2) is 50.2 Å². The predicted octanol–water partition coefficient (Wildman–Crippen LogP) is 1.26. The van der Waals surface area contributed by atoms with E-state index in [1.165, 1.54) is 33.0 Å². The highest BCUT2D eigenvalue weighted by molar-refractivity contribution is 5.75. The summed E-state index contributed by atoms with van der Waals surface area (Å²) in [5.74, 6) is 0.649. The molecule has 100 valence electrons. The fourth-order valence-electron chi connectivity index (χ4n) is 2.49. The Morgan fingerprint density at radius 1 is 1.59 bits per heavy atom. The molecule has 0 amide bonds. The average molecular weight is 242 g/mol. The molecule has 1 heterocycles. The van der Waals surface area contributed by atoms with E-state index in [1.807, 2.05) is 6.92 Å². The maximum Gasteiger partial charge on any atom is 0.322 e. The van der Waals surface area contributed by atoms with Crippen LogP contribution >= 0.6 is 0 Å². The van der Waals surface area contributed by atoms with E-state index in [2.05, 4.69) is 17.1 Å². The van der Waals surface area contributed by atoms with Gasteiger partial charge in [-0.05, 0) is 38.3 Å². The van der Waals surface area contributed by atoms with Crippen LogP contribution in [0.3, 0.4) is 0 Å². The standard InChI is InChI=1S/C13H26N2O2/c1-4-14-12(13(16)17-3)7-9-15-8-5-6-11(2)10-15/h11-12,14H,4-10H2,1-3H3. The molecule has 0 aromatic heterocycles. The quantitative estimate of drug-likeness (QED) is 0.712. The molecule has 0 spiro atoms. The number of carbonyl (C=O) groups excluding carboxylic acids is 1. The predicted molar refractivity (Wildman–Crippen MR) is 68.9 cm³/mol. The van der Waals surface area contributed by atoms with Crippen LogP contribution in [0.1, 0.15) is 33.1 Å². The van der Waals surface area contributed by atoms with Crippen molar-refractivity contribution in [2.45, 2.75) is 39.2 Å². The van der Waals surface area contributed by atoms with E-state index < -0.39 is 0 Å². The number of nitrogens with one attached hydrogen (secondary N) is 1. The van der Waals surface area contributed by atoms with E-state index in [0.717, 1.165) is 25.4 Å². The van der Waals surface area contributed by atoms with Crippen molar-refractivity contribution in [1.29, 1.82) is 0 Å². The third-order valence-corrected chi connectivity index (χ3v) is 3.41. The van der Waals surface area contributed by atoms with Crippen molar-refractivity contribution in [1.82, 2.24) is 10.2 Å². The summed E-state index contributed by atoms with van der Waals surface area (Å²) >= 11 is 0. The second-order valence-electron chi connectivity index (χ2n) is 4.97. The Bertz CT molecular complexity index is 233. The summed E-state index contributed by atoms with van der Waals surface area (Å²) in [5, 5.41) is 3.18. The van der Waals surface area contributed by atoms with Crippen molar-refractivity contribution >= 4 is 5.97 Å². The molecule has 0 saturated carbocycles. The normalized spacial score (nSPS) is 23.4. The Labute approximate surface area is 105 Å². The number of rotatable bonds is 6. The van der Waals surface area contributed by atoms with Gasteiger partial charge in [0.05, 0.1) is 7.11 Å². The zero-order chi connectivity index (χ0) is 12.7. The SMILES string of the molecule is CCNC(CCN1CCCC(C)C1)C(=O)OC. The number of carbonyl (C=O) groups is 1. The van der Waals surface area contributed by atoms with Gasteiger partial charge in [0.1, 0.15) is 6.04 Å². The van der Waals surface area contributed by atoms with Crippen LogP contribution in [0.25, 0.3) is 0 Å². The van der Waals surface area contributed by atoms with Gasteiger partial charge in [-0.15, -0.1) is 0 Å². The minimum Gasteiger partial charge on any atom is -0.468 e. The summed E-state index contributed by atoms with van der Waals surface area (Å²) in [4.78, 5) is 14.0. The minimum absolute atomic E-state index is 0.142. The highest BCUT2D eigenvalue weighted by Crippen LogP contribution is 2.15. The Balaban J connectivity index is 2.32. The maximum atomic E-state index is 11.5. The molecule has 1 N–H and O–H groups in total. The number of esters is 1. The van der Waals surface area contributed by atoms with Crippen LogP contribution in [0.4, 0.5) is 0 Å². The van der Waals surface area contributed by atoms with Gasteiger partial charge in [-0.1, -0.05) is 13.8 Å². The molecule has 4 nitrogen and oxygen atoms in total. The van der Waals surface area contributed by atoms with Crippen LogP contribution in [0.2, 0.25) is 0 Å². The summed E-state index contributed by atoms with van der Waals surface area (Å²) in [5.41, 5.74) is 0. The van der Waals surface area contributed by atoms with E-state index in [4.69, 9.17) is 4.74 Å². The summed E-state index contributed by atoms with van der Waals surface area (Å²) in [6.45, 7) is 8.44. The molecule has 1 rings (SSSR count). The van der Waals surface area contributed by atoms with Crippen LogP contribution in [0, 0.1) is 5.92 Å². The van der Waals surface area contributed by atoms with Gasteiger partial charge in [-0.3, -0.25) is 4.79 Å². The largest absolute Gasteiger partial charge is 0.468 e. The van der Waals surface area contributed by atoms with E-state index in [-0.39, 0.29) is 12.0 Å². The van der Waals surface area contributed by atoms with Crippen molar-refractivity contribution in [2.75, 3.05) is 33.3 Å². The zero-order valence-corrected chi connectivity index (χ0v) is 11.4. The molecule has 2 unspecified atom stereocenters. The second kappa shape index (κ2) is 7.67. The number of methoxy groups -OCH3 is 1. The van der Waals surface area contributed by atoms with Crippen molar-refractivity contribution in [3.8, 4) is 0 Å². The van der Waals surface area contributed by atoms with Gasteiger partial charge < -0.3 is 15.0 Å². The minimum atomic E-state index is -0.151. The third-order valence-electron chi connectivity index (χ3n) is 3.41. The Hall–Kier alpha value is -0.610. The van der Waals surface area contributed by atoms with Gasteiger partial charge in [0, 0.05) is 13.1 Å². The fraction of sp³-hybridized carbons (Fsp3) is 0.923.